The van der Waals surface area contributed by atoms with Gasteiger partial charge in [-0.2, -0.15) is 4.57 Å². The molecule has 5 nitrogen and oxygen atoms in total. The van der Waals surface area contributed by atoms with Gasteiger partial charge in [-0.05, 0) is 18.2 Å². The number of furan rings is 2. The van der Waals surface area contributed by atoms with Crippen molar-refractivity contribution >= 4 is 0 Å². The number of hydrogen-bond donors (Lipinski definition) is 2. The average molecular weight is 372 g/mol. The highest BCUT2D eigenvalue weighted by Crippen LogP contribution is 2.61. The lowest BCUT2D eigenvalue weighted by Crippen LogP contribution is -2.59. The third kappa shape index (κ3) is 1.78. The quantitative estimate of drug-likeness (QED) is 0.522. The molecule has 2 bridgehead atoms. The fourth-order valence-corrected chi connectivity index (χ4v) is 5.43. The summed E-state index contributed by atoms with van der Waals surface area (Å²) in [6.07, 6.45) is 9.81. The van der Waals surface area contributed by atoms with Gasteiger partial charge in [-0.15, -0.1) is 0 Å². The van der Waals surface area contributed by atoms with Gasteiger partial charge in [0.25, 0.3) is 0 Å². The highest BCUT2D eigenvalue weighted by atomic mass is 16.3. The zero-order chi connectivity index (χ0) is 18.9. The topological polar surface area (TPSA) is 70.6 Å². The van der Waals surface area contributed by atoms with E-state index in [-0.39, 0.29) is 23.5 Å². The Morgan fingerprint density at radius 3 is 2.39 bits per heavy atom. The van der Waals surface area contributed by atoms with Crippen LogP contribution in [0, 0.1) is 0 Å². The minimum atomic E-state index is -0.437. The van der Waals surface area contributed by atoms with Crippen molar-refractivity contribution in [3.63, 3.8) is 0 Å². The first-order valence-corrected chi connectivity index (χ1v) is 9.31. The van der Waals surface area contributed by atoms with E-state index in [4.69, 9.17) is 8.83 Å². The van der Waals surface area contributed by atoms with E-state index < -0.39 is 5.41 Å². The third-order valence-electron chi connectivity index (χ3n) is 6.46. The largest absolute Gasteiger partial charge is 0.508 e. The van der Waals surface area contributed by atoms with Crippen molar-refractivity contribution in [2.24, 2.45) is 0 Å². The Balaban J connectivity index is 1.75. The second-order valence-electron chi connectivity index (χ2n) is 7.65. The molecule has 0 spiro atoms. The highest BCUT2D eigenvalue weighted by molar-refractivity contribution is 5.59. The first-order valence-electron chi connectivity index (χ1n) is 9.31. The molecular formula is C23H18NO4+. The van der Waals surface area contributed by atoms with Crippen LogP contribution in [0.5, 0.6) is 11.5 Å². The first-order chi connectivity index (χ1) is 13.7. The second kappa shape index (κ2) is 5.29. The summed E-state index contributed by atoms with van der Waals surface area (Å²) < 4.78 is 13.2. The van der Waals surface area contributed by atoms with Gasteiger partial charge in [-0.3, -0.25) is 0 Å². The summed E-state index contributed by atoms with van der Waals surface area (Å²) in [6, 6.07) is 13.3. The molecule has 0 radical (unpaired) electrons. The maximum Gasteiger partial charge on any atom is 0.190 e. The first kappa shape index (κ1) is 15.6. The molecule has 0 amide bonds. The van der Waals surface area contributed by atoms with Crippen LogP contribution in [0.4, 0.5) is 0 Å². The number of phenols is 2. The van der Waals surface area contributed by atoms with E-state index in [9.17, 15) is 10.2 Å². The van der Waals surface area contributed by atoms with E-state index in [0.717, 1.165) is 34.4 Å². The summed E-state index contributed by atoms with van der Waals surface area (Å²) in [5.74, 6) is 0.0553. The Labute approximate surface area is 161 Å². The molecule has 0 saturated heterocycles. The number of pyridine rings is 1. The Morgan fingerprint density at radius 1 is 0.964 bits per heavy atom. The molecule has 5 heterocycles. The lowest BCUT2D eigenvalue weighted by Gasteiger charge is -2.48. The van der Waals surface area contributed by atoms with Crippen LogP contribution < -0.4 is 4.57 Å². The molecule has 0 fully saturated rings. The Kier molecular flexibility index (Phi) is 2.94. The second-order valence-corrected chi connectivity index (χ2v) is 7.65. The van der Waals surface area contributed by atoms with Crippen molar-refractivity contribution in [2.75, 3.05) is 0 Å². The van der Waals surface area contributed by atoms with Crippen molar-refractivity contribution in [3.05, 3.63) is 102 Å². The van der Waals surface area contributed by atoms with E-state index in [1.807, 2.05) is 24.3 Å². The van der Waals surface area contributed by atoms with E-state index >= 15 is 0 Å². The molecule has 2 N–H and O–H groups in total. The Morgan fingerprint density at radius 2 is 1.71 bits per heavy atom. The van der Waals surface area contributed by atoms with Crippen LogP contribution >= 0.6 is 0 Å². The standard InChI is InChI=1S/C23H17NO4/c25-16-9-17-19-11-23(14-4-7-27-12-14,15-5-8-28-13-15)22(21(17)20(26)10-16)18-3-1-2-6-24(18)19/h1-10,12-13,19,22H,11H2,(H-,25,26)/p+1/t19-,22-/m0/s1. The van der Waals surface area contributed by atoms with Crippen LogP contribution in [-0.2, 0) is 5.41 Å². The molecule has 2 atom stereocenters. The van der Waals surface area contributed by atoms with Gasteiger partial charge >= 0.3 is 0 Å². The lowest BCUT2D eigenvalue weighted by atomic mass is 9.54. The predicted molar refractivity (Wildman–Crippen MR) is 99.2 cm³/mol. The SMILES string of the molecule is Oc1cc(O)c2c(c1)[C@@H]1CC(c3ccoc3)(c3ccoc3)[C@H]2c2cccc[n+]21. The van der Waals surface area contributed by atoms with Gasteiger partial charge in [0.15, 0.2) is 17.9 Å². The number of nitrogens with zero attached hydrogens (tertiary/aromatic N) is 1. The van der Waals surface area contributed by atoms with Crippen molar-refractivity contribution in [1.82, 2.24) is 0 Å². The number of aromatic hydroxyl groups is 2. The van der Waals surface area contributed by atoms with Gasteiger partial charge in [0, 0.05) is 46.9 Å². The van der Waals surface area contributed by atoms with Crippen molar-refractivity contribution in [2.45, 2.75) is 23.8 Å². The monoisotopic (exact) mass is 372 g/mol. The van der Waals surface area contributed by atoms with Crippen LogP contribution in [0.2, 0.25) is 0 Å². The summed E-state index contributed by atoms with van der Waals surface area (Å²) >= 11 is 0. The average Bonchev–Trinajstić information content (AvgIpc) is 3.42. The number of hydrogen-bond acceptors (Lipinski definition) is 4. The molecule has 0 unspecified atom stereocenters. The molecule has 138 valence electrons. The van der Waals surface area contributed by atoms with Crippen molar-refractivity contribution < 1.29 is 23.6 Å². The summed E-state index contributed by atoms with van der Waals surface area (Å²) in [6.45, 7) is 0. The summed E-state index contributed by atoms with van der Waals surface area (Å²) in [4.78, 5) is 0. The number of benzene rings is 1. The molecule has 7 rings (SSSR count). The fraction of sp³-hybridized carbons (Fsp3) is 0.174. The van der Waals surface area contributed by atoms with Gasteiger partial charge in [-0.25, -0.2) is 0 Å². The molecule has 5 heteroatoms. The number of phenolic OH excluding ortho intramolecular Hbond substituents is 2. The normalized spacial score (nSPS) is 21.3. The summed E-state index contributed by atoms with van der Waals surface area (Å²) in [5, 5.41) is 21.0. The van der Waals surface area contributed by atoms with Crippen molar-refractivity contribution in [3.8, 4) is 11.5 Å². The van der Waals surface area contributed by atoms with Gasteiger partial charge in [0.2, 0.25) is 0 Å². The minimum Gasteiger partial charge on any atom is -0.508 e. The molecular weight excluding hydrogens is 354 g/mol. The zero-order valence-corrected chi connectivity index (χ0v) is 14.9. The number of fused-ring (bicyclic) bond motifs is 1. The van der Waals surface area contributed by atoms with E-state index in [2.05, 4.69) is 16.8 Å². The van der Waals surface area contributed by atoms with E-state index in [0.29, 0.717) is 0 Å². The Hall–Kier alpha value is -3.47. The van der Waals surface area contributed by atoms with Gasteiger partial charge in [0.05, 0.1) is 36.4 Å². The summed E-state index contributed by atoms with van der Waals surface area (Å²) in [5.41, 5.74) is 4.62. The maximum absolute atomic E-state index is 10.9. The van der Waals surface area contributed by atoms with Crippen LogP contribution in [0.25, 0.3) is 0 Å². The molecule has 1 aromatic carbocycles. The van der Waals surface area contributed by atoms with Crippen LogP contribution in [0.3, 0.4) is 0 Å². The molecule has 1 aliphatic carbocycles. The Bertz CT molecular complexity index is 1140. The van der Waals surface area contributed by atoms with E-state index in [1.165, 1.54) is 6.07 Å². The van der Waals surface area contributed by atoms with Crippen LogP contribution in [0.15, 0.2) is 82.5 Å². The molecule has 2 aliphatic heterocycles. The molecule has 28 heavy (non-hydrogen) atoms. The minimum absolute atomic E-state index is 0.0287. The molecule has 3 aromatic heterocycles. The van der Waals surface area contributed by atoms with Gasteiger partial charge in [-0.1, -0.05) is 6.07 Å². The maximum atomic E-state index is 10.9. The smallest absolute Gasteiger partial charge is 0.190 e. The fourth-order valence-electron chi connectivity index (χ4n) is 5.43. The predicted octanol–water partition coefficient (Wildman–Crippen LogP) is 4.00. The molecule has 0 saturated carbocycles. The number of aromatic nitrogens is 1. The summed E-state index contributed by atoms with van der Waals surface area (Å²) in [7, 11) is 0. The number of rotatable bonds is 2. The molecule has 4 aromatic rings. The van der Waals surface area contributed by atoms with Crippen LogP contribution in [-0.4, -0.2) is 10.2 Å². The lowest BCUT2D eigenvalue weighted by molar-refractivity contribution is -0.732. The van der Waals surface area contributed by atoms with Crippen molar-refractivity contribution in [1.29, 1.82) is 0 Å². The molecule has 3 aliphatic rings. The highest BCUT2D eigenvalue weighted by Gasteiger charge is 2.61. The van der Waals surface area contributed by atoms with Crippen LogP contribution in [0.1, 0.15) is 46.3 Å². The van der Waals surface area contributed by atoms with Gasteiger partial charge in [0.1, 0.15) is 11.5 Å². The van der Waals surface area contributed by atoms with Gasteiger partial charge < -0.3 is 19.0 Å². The van der Waals surface area contributed by atoms with E-state index in [1.54, 1.807) is 31.1 Å². The third-order valence-corrected chi connectivity index (χ3v) is 6.46. The zero-order valence-electron chi connectivity index (χ0n) is 14.9.